The highest BCUT2D eigenvalue weighted by Crippen LogP contribution is 2.21. The molecule has 0 aliphatic rings. The normalized spacial score (nSPS) is 12.6. The van der Waals surface area contributed by atoms with Crippen molar-refractivity contribution in [3.63, 3.8) is 0 Å². The van der Waals surface area contributed by atoms with Crippen molar-refractivity contribution < 1.29 is 9.13 Å². The maximum Gasteiger partial charge on any atom is 0.123 e. The van der Waals surface area contributed by atoms with E-state index in [4.69, 9.17) is 4.74 Å². The van der Waals surface area contributed by atoms with Crippen LogP contribution in [-0.2, 0) is 4.74 Å². The smallest absolute Gasteiger partial charge is 0.123 e. The Hall–Kier alpha value is -0.930. The van der Waals surface area contributed by atoms with Crippen LogP contribution in [0.15, 0.2) is 24.3 Å². The lowest BCUT2D eigenvalue weighted by molar-refractivity contribution is 0.190. The first-order valence-corrected chi connectivity index (χ1v) is 6.73. The minimum atomic E-state index is -0.153. The molecule has 1 atom stereocenters. The Morgan fingerprint density at radius 2 is 2.22 bits per heavy atom. The number of ether oxygens (including phenoxy) is 1. The molecular formula is C15H24FNO. The van der Waals surface area contributed by atoms with Gasteiger partial charge >= 0.3 is 0 Å². The molecule has 0 saturated carbocycles. The predicted molar refractivity (Wildman–Crippen MR) is 73.4 cm³/mol. The minimum absolute atomic E-state index is 0.153. The first-order valence-electron chi connectivity index (χ1n) is 6.73. The molecule has 1 aromatic carbocycles. The van der Waals surface area contributed by atoms with Gasteiger partial charge in [-0.1, -0.05) is 19.1 Å². The minimum Gasteiger partial charge on any atom is -0.385 e. The molecule has 0 fully saturated rings. The van der Waals surface area contributed by atoms with Gasteiger partial charge in [-0.25, -0.2) is 4.39 Å². The van der Waals surface area contributed by atoms with Crippen molar-refractivity contribution in [2.45, 2.75) is 32.1 Å². The molecule has 0 radical (unpaired) electrons. The van der Waals surface area contributed by atoms with E-state index >= 15 is 0 Å². The average Bonchev–Trinajstić information content (AvgIpc) is 2.37. The fourth-order valence-electron chi connectivity index (χ4n) is 2.07. The Morgan fingerprint density at radius 3 is 2.89 bits per heavy atom. The van der Waals surface area contributed by atoms with Crippen LogP contribution in [0.3, 0.4) is 0 Å². The molecule has 0 bridgehead atoms. The lowest BCUT2D eigenvalue weighted by atomic mass is 9.94. The summed E-state index contributed by atoms with van der Waals surface area (Å²) in [5.74, 6) is 0.210. The molecule has 1 rings (SSSR count). The zero-order chi connectivity index (χ0) is 13.2. The van der Waals surface area contributed by atoms with Crippen molar-refractivity contribution in [1.82, 2.24) is 5.32 Å². The molecule has 1 unspecified atom stereocenters. The molecule has 3 heteroatoms. The zero-order valence-electron chi connectivity index (χ0n) is 11.4. The molecule has 0 saturated heterocycles. The summed E-state index contributed by atoms with van der Waals surface area (Å²) in [4.78, 5) is 0. The average molecular weight is 253 g/mol. The van der Waals surface area contributed by atoms with Gasteiger partial charge in [0.15, 0.2) is 0 Å². The molecule has 0 aliphatic carbocycles. The first-order chi connectivity index (χ1) is 8.77. The monoisotopic (exact) mass is 253 g/mol. The van der Waals surface area contributed by atoms with Gasteiger partial charge in [-0.2, -0.15) is 0 Å². The van der Waals surface area contributed by atoms with Crippen LogP contribution >= 0.6 is 0 Å². The molecule has 0 spiro atoms. The largest absolute Gasteiger partial charge is 0.385 e. The quantitative estimate of drug-likeness (QED) is 0.682. The van der Waals surface area contributed by atoms with Crippen LogP contribution in [0.4, 0.5) is 4.39 Å². The van der Waals surface area contributed by atoms with Crippen molar-refractivity contribution in [2.75, 3.05) is 26.8 Å². The topological polar surface area (TPSA) is 21.3 Å². The third kappa shape index (κ3) is 5.61. The molecule has 18 heavy (non-hydrogen) atoms. The van der Waals surface area contributed by atoms with E-state index in [2.05, 4.69) is 12.2 Å². The maximum absolute atomic E-state index is 13.3. The molecule has 0 amide bonds. The van der Waals surface area contributed by atoms with Gasteiger partial charge in [0, 0.05) is 20.3 Å². The SMILES string of the molecule is CCCNCC(CCCOC)c1cccc(F)c1. The summed E-state index contributed by atoms with van der Waals surface area (Å²) in [6.07, 6.45) is 3.15. The van der Waals surface area contributed by atoms with E-state index in [1.165, 1.54) is 6.07 Å². The summed E-state index contributed by atoms with van der Waals surface area (Å²) in [7, 11) is 1.71. The van der Waals surface area contributed by atoms with Gasteiger partial charge in [0.25, 0.3) is 0 Å². The number of hydrogen-bond acceptors (Lipinski definition) is 2. The Kier molecular flexibility index (Phi) is 7.62. The van der Waals surface area contributed by atoms with Crippen LogP contribution in [0.1, 0.15) is 37.7 Å². The van der Waals surface area contributed by atoms with E-state index in [0.29, 0.717) is 5.92 Å². The first kappa shape index (κ1) is 15.1. The van der Waals surface area contributed by atoms with Crippen LogP contribution in [-0.4, -0.2) is 26.8 Å². The molecule has 2 nitrogen and oxygen atoms in total. The molecule has 0 heterocycles. The van der Waals surface area contributed by atoms with Crippen LogP contribution in [0.5, 0.6) is 0 Å². The van der Waals surface area contributed by atoms with Crippen molar-refractivity contribution in [1.29, 1.82) is 0 Å². The molecular weight excluding hydrogens is 229 g/mol. The number of rotatable bonds is 9. The standard InChI is InChI=1S/C15H24FNO/c1-3-9-17-12-14(7-5-10-18-2)13-6-4-8-15(16)11-13/h4,6,8,11,14,17H,3,5,7,9-10,12H2,1-2H3. The maximum atomic E-state index is 13.3. The number of hydrogen-bond donors (Lipinski definition) is 1. The third-order valence-corrected chi connectivity index (χ3v) is 3.04. The van der Waals surface area contributed by atoms with E-state index in [1.54, 1.807) is 19.2 Å². The predicted octanol–water partition coefficient (Wildman–Crippen LogP) is 3.34. The summed E-state index contributed by atoms with van der Waals surface area (Å²) < 4.78 is 18.3. The zero-order valence-corrected chi connectivity index (χ0v) is 11.4. The fraction of sp³-hybridized carbons (Fsp3) is 0.600. The van der Waals surface area contributed by atoms with Crippen molar-refractivity contribution >= 4 is 0 Å². The van der Waals surface area contributed by atoms with Gasteiger partial charge in [-0.3, -0.25) is 0 Å². The summed E-state index contributed by atoms with van der Waals surface area (Å²) in [5, 5.41) is 3.42. The summed E-state index contributed by atoms with van der Waals surface area (Å²) >= 11 is 0. The number of methoxy groups -OCH3 is 1. The van der Waals surface area contributed by atoms with Gasteiger partial charge < -0.3 is 10.1 Å². The number of halogens is 1. The Labute approximate surface area is 110 Å². The van der Waals surface area contributed by atoms with E-state index in [0.717, 1.165) is 44.5 Å². The lowest BCUT2D eigenvalue weighted by Gasteiger charge is -2.18. The highest BCUT2D eigenvalue weighted by atomic mass is 19.1. The highest BCUT2D eigenvalue weighted by molar-refractivity contribution is 5.21. The summed E-state index contributed by atoms with van der Waals surface area (Å²) in [6.45, 7) is 4.83. The van der Waals surface area contributed by atoms with Gasteiger partial charge in [0.2, 0.25) is 0 Å². The van der Waals surface area contributed by atoms with Gasteiger partial charge in [0.1, 0.15) is 5.82 Å². The second kappa shape index (κ2) is 9.06. The summed E-state index contributed by atoms with van der Waals surface area (Å²) in [5.41, 5.74) is 1.08. The lowest BCUT2D eigenvalue weighted by Crippen LogP contribution is -2.22. The third-order valence-electron chi connectivity index (χ3n) is 3.04. The van der Waals surface area contributed by atoms with Crippen molar-refractivity contribution in [3.8, 4) is 0 Å². The molecule has 1 aromatic rings. The Morgan fingerprint density at radius 1 is 1.39 bits per heavy atom. The van der Waals surface area contributed by atoms with Gasteiger partial charge in [-0.05, 0) is 49.4 Å². The summed E-state index contributed by atoms with van der Waals surface area (Å²) in [6, 6.07) is 6.93. The van der Waals surface area contributed by atoms with Crippen LogP contribution in [0.2, 0.25) is 0 Å². The van der Waals surface area contributed by atoms with Crippen molar-refractivity contribution in [3.05, 3.63) is 35.6 Å². The van der Waals surface area contributed by atoms with E-state index in [-0.39, 0.29) is 5.82 Å². The van der Waals surface area contributed by atoms with Crippen LogP contribution in [0.25, 0.3) is 0 Å². The van der Waals surface area contributed by atoms with Crippen molar-refractivity contribution in [2.24, 2.45) is 0 Å². The highest BCUT2D eigenvalue weighted by Gasteiger charge is 2.11. The van der Waals surface area contributed by atoms with Crippen LogP contribution < -0.4 is 5.32 Å². The van der Waals surface area contributed by atoms with Gasteiger partial charge in [0.05, 0.1) is 0 Å². The molecule has 1 N–H and O–H groups in total. The van der Waals surface area contributed by atoms with E-state index < -0.39 is 0 Å². The van der Waals surface area contributed by atoms with Crippen LogP contribution in [0, 0.1) is 5.82 Å². The fourth-order valence-corrected chi connectivity index (χ4v) is 2.07. The molecule has 0 aromatic heterocycles. The molecule has 0 aliphatic heterocycles. The number of nitrogens with one attached hydrogen (secondary N) is 1. The second-order valence-corrected chi connectivity index (χ2v) is 4.59. The molecule has 102 valence electrons. The number of benzene rings is 1. The Balaban J connectivity index is 2.57. The Bertz CT molecular complexity index is 320. The van der Waals surface area contributed by atoms with E-state index in [1.807, 2.05) is 6.07 Å². The second-order valence-electron chi connectivity index (χ2n) is 4.59. The van der Waals surface area contributed by atoms with Gasteiger partial charge in [-0.15, -0.1) is 0 Å². The van der Waals surface area contributed by atoms with E-state index in [9.17, 15) is 4.39 Å².